The number of hydrogen-bond donors (Lipinski definition) is 0. The molecule has 0 aliphatic rings. The monoisotopic (exact) mass is 257 g/mol. The summed E-state index contributed by atoms with van der Waals surface area (Å²) in [5.74, 6) is 0. The maximum atomic E-state index is 10.9. The van der Waals surface area contributed by atoms with Gasteiger partial charge in [0.1, 0.15) is 10.7 Å². The molecule has 1 rings (SSSR count). The molecular formula is C7H9Cl2NO3S. The molecule has 0 amide bonds. The van der Waals surface area contributed by atoms with E-state index in [-0.39, 0.29) is 10.4 Å². The maximum Gasteiger partial charge on any atom is 0.298 e. The molecule has 0 aromatic carbocycles. The second-order valence-corrected chi connectivity index (χ2v) is 6.66. The predicted molar refractivity (Wildman–Crippen MR) is 53.3 cm³/mol. The summed E-state index contributed by atoms with van der Waals surface area (Å²) in [4.78, 5) is 0. The van der Waals surface area contributed by atoms with Crippen molar-refractivity contribution in [3.8, 4) is 0 Å². The summed E-state index contributed by atoms with van der Waals surface area (Å²) in [6.45, 7) is 5.50. The van der Waals surface area contributed by atoms with Gasteiger partial charge in [-0.25, -0.2) is 8.42 Å². The Bertz CT molecular complexity index is 444. The van der Waals surface area contributed by atoms with Crippen LogP contribution in [0.4, 0.5) is 0 Å². The van der Waals surface area contributed by atoms with E-state index in [1.54, 1.807) is 0 Å². The quantitative estimate of drug-likeness (QED) is 0.726. The van der Waals surface area contributed by atoms with E-state index in [4.69, 9.17) is 22.3 Å². The third kappa shape index (κ3) is 2.21. The minimum Gasteiger partial charge on any atom is -0.341 e. The molecule has 0 unspecified atom stereocenters. The fourth-order valence-corrected chi connectivity index (χ4v) is 2.41. The number of rotatable bonds is 1. The van der Waals surface area contributed by atoms with Crippen molar-refractivity contribution in [2.45, 2.75) is 31.3 Å². The van der Waals surface area contributed by atoms with Crippen molar-refractivity contribution in [3.05, 3.63) is 10.7 Å². The molecular weight excluding hydrogens is 249 g/mol. The van der Waals surface area contributed by atoms with Crippen LogP contribution in [0.5, 0.6) is 0 Å². The first-order valence-corrected chi connectivity index (χ1v) is 6.43. The van der Waals surface area contributed by atoms with Crippen molar-refractivity contribution in [2.75, 3.05) is 0 Å². The van der Waals surface area contributed by atoms with Crippen molar-refractivity contribution >= 4 is 31.3 Å². The molecule has 1 heterocycles. The Labute approximate surface area is 91.6 Å². The normalized spacial score (nSPS) is 13.2. The van der Waals surface area contributed by atoms with Crippen LogP contribution >= 0.6 is 22.3 Å². The van der Waals surface area contributed by atoms with Crippen LogP contribution in [0.25, 0.3) is 0 Å². The summed E-state index contributed by atoms with van der Waals surface area (Å²) in [7, 11) is 1.12. The Morgan fingerprint density at radius 3 is 2.07 bits per heavy atom. The highest BCUT2D eigenvalue weighted by atomic mass is 35.7. The Morgan fingerprint density at radius 1 is 1.36 bits per heavy atom. The zero-order valence-corrected chi connectivity index (χ0v) is 10.2. The number of aromatic nitrogens is 1. The molecule has 0 N–H and O–H groups in total. The van der Waals surface area contributed by atoms with Gasteiger partial charge in [-0.3, -0.25) is 0 Å². The van der Waals surface area contributed by atoms with Crippen molar-refractivity contribution in [1.82, 2.24) is 5.16 Å². The predicted octanol–water partition coefficient (Wildman–Crippen LogP) is 2.55. The van der Waals surface area contributed by atoms with Crippen molar-refractivity contribution < 1.29 is 12.9 Å². The van der Waals surface area contributed by atoms with Crippen LogP contribution in [-0.4, -0.2) is 13.6 Å². The molecule has 0 radical (unpaired) electrons. The fraction of sp³-hybridized carbons (Fsp3) is 0.571. The van der Waals surface area contributed by atoms with E-state index in [0.717, 1.165) is 0 Å². The molecule has 0 saturated carbocycles. The molecule has 0 atom stereocenters. The molecule has 80 valence electrons. The average Bonchev–Trinajstić information content (AvgIpc) is 2.26. The standard InChI is InChI=1S/C7H9Cl2NO3S/c1-7(2,3)5-4(8)6(13-10-5)14(9,11)12/h1-3H3. The highest BCUT2D eigenvalue weighted by Gasteiger charge is 2.30. The minimum absolute atomic E-state index is 0.0486. The minimum atomic E-state index is -3.96. The Morgan fingerprint density at radius 2 is 1.86 bits per heavy atom. The van der Waals surface area contributed by atoms with Crippen molar-refractivity contribution in [2.24, 2.45) is 0 Å². The van der Waals surface area contributed by atoms with Crippen molar-refractivity contribution in [3.63, 3.8) is 0 Å². The zero-order valence-electron chi connectivity index (χ0n) is 7.84. The van der Waals surface area contributed by atoms with Gasteiger partial charge >= 0.3 is 0 Å². The molecule has 1 aromatic rings. The van der Waals surface area contributed by atoms with E-state index in [9.17, 15) is 8.42 Å². The van der Waals surface area contributed by atoms with E-state index in [1.807, 2.05) is 20.8 Å². The fourth-order valence-electron chi connectivity index (χ4n) is 0.882. The Kier molecular flexibility index (Phi) is 2.87. The van der Waals surface area contributed by atoms with Crippen LogP contribution in [0.2, 0.25) is 5.02 Å². The summed E-state index contributed by atoms with van der Waals surface area (Å²) in [6, 6.07) is 0. The largest absolute Gasteiger partial charge is 0.341 e. The molecule has 0 fully saturated rings. The van der Waals surface area contributed by atoms with Crippen LogP contribution in [0.1, 0.15) is 26.5 Å². The van der Waals surface area contributed by atoms with Gasteiger partial charge in [0.15, 0.2) is 0 Å². The van der Waals surface area contributed by atoms with E-state index < -0.39 is 14.1 Å². The number of halogens is 2. The molecule has 7 heteroatoms. The Balaban J connectivity index is 3.37. The van der Waals surface area contributed by atoms with Gasteiger partial charge in [-0.1, -0.05) is 37.5 Å². The lowest BCUT2D eigenvalue weighted by molar-refractivity contribution is 0.328. The average molecular weight is 258 g/mol. The molecule has 0 saturated heterocycles. The first-order valence-electron chi connectivity index (χ1n) is 3.74. The zero-order chi connectivity index (χ0) is 11.1. The van der Waals surface area contributed by atoms with Crippen LogP contribution in [0.3, 0.4) is 0 Å². The highest BCUT2D eigenvalue weighted by molar-refractivity contribution is 8.13. The third-order valence-corrected chi connectivity index (χ3v) is 3.14. The van der Waals surface area contributed by atoms with E-state index in [2.05, 4.69) is 9.68 Å². The lowest BCUT2D eigenvalue weighted by atomic mass is 9.92. The smallest absolute Gasteiger partial charge is 0.298 e. The topological polar surface area (TPSA) is 60.2 Å². The second kappa shape index (κ2) is 3.40. The van der Waals surface area contributed by atoms with Gasteiger partial charge in [0.2, 0.25) is 0 Å². The van der Waals surface area contributed by atoms with Crippen LogP contribution in [0, 0.1) is 0 Å². The lowest BCUT2D eigenvalue weighted by Crippen LogP contribution is -2.12. The third-order valence-electron chi connectivity index (χ3n) is 1.54. The first-order chi connectivity index (χ1) is 6.14. The maximum absolute atomic E-state index is 10.9. The molecule has 0 aliphatic carbocycles. The van der Waals surface area contributed by atoms with Crippen LogP contribution < -0.4 is 0 Å². The highest BCUT2D eigenvalue weighted by Crippen LogP contribution is 2.34. The molecule has 4 nitrogen and oxygen atoms in total. The SMILES string of the molecule is CC(C)(C)c1noc(S(=O)(=O)Cl)c1Cl. The van der Waals surface area contributed by atoms with Crippen molar-refractivity contribution in [1.29, 1.82) is 0 Å². The summed E-state index contributed by atoms with van der Waals surface area (Å²) in [5, 5.41) is 3.04. The van der Waals surface area contributed by atoms with Crippen LogP contribution in [-0.2, 0) is 14.5 Å². The molecule has 1 aromatic heterocycles. The van der Waals surface area contributed by atoms with Gasteiger partial charge in [0.05, 0.1) is 0 Å². The molecule has 0 bridgehead atoms. The van der Waals surface area contributed by atoms with Gasteiger partial charge < -0.3 is 4.52 Å². The van der Waals surface area contributed by atoms with Gasteiger partial charge in [0, 0.05) is 16.1 Å². The molecule has 0 aliphatic heterocycles. The Hall–Kier alpha value is -0.260. The summed E-state index contributed by atoms with van der Waals surface area (Å²) >= 11 is 5.77. The van der Waals surface area contributed by atoms with E-state index >= 15 is 0 Å². The lowest BCUT2D eigenvalue weighted by Gasteiger charge is -2.13. The van der Waals surface area contributed by atoms with Crippen LogP contribution in [0.15, 0.2) is 9.62 Å². The summed E-state index contributed by atoms with van der Waals surface area (Å²) in [5.41, 5.74) is -0.0150. The second-order valence-electron chi connectivity index (χ2n) is 3.82. The summed E-state index contributed by atoms with van der Waals surface area (Å²) < 4.78 is 26.5. The number of hydrogen-bond acceptors (Lipinski definition) is 4. The van der Waals surface area contributed by atoms with Gasteiger partial charge in [0.25, 0.3) is 14.1 Å². The molecule has 14 heavy (non-hydrogen) atoms. The molecule has 0 spiro atoms. The van der Waals surface area contributed by atoms with Gasteiger partial charge in [-0.2, -0.15) is 0 Å². The van der Waals surface area contributed by atoms with Gasteiger partial charge in [-0.05, 0) is 0 Å². The van der Waals surface area contributed by atoms with E-state index in [0.29, 0.717) is 5.69 Å². The van der Waals surface area contributed by atoms with E-state index in [1.165, 1.54) is 0 Å². The first kappa shape index (κ1) is 11.8. The number of nitrogens with zero attached hydrogens (tertiary/aromatic N) is 1. The summed E-state index contributed by atoms with van der Waals surface area (Å²) in [6.07, 6.45) is 0. The van der Waals surface area contributed by atoms with Gasteiger partial charge in [-0.15, -0.1) is 0 Å².